The number of alkyl halides is 3. The van der Waals surface area contributed by atoms with Crippen molar-refractivity contribution >= 4 is 0 Å². The number of ether oxygens (including phenoxy) is 1. The van der Waals surface area contributed by atoms with E-state index in [1.807, 2.05) is 0 Å². The summed E-state index contributed by atoms with van der Waals surface area (Å²) in [5.74, 6) is 0.973. The molecule has 0 fully saturated rings. The van der Waals surface area contributed by atoms with E-state index < -0.39 is 12.8 Å². The zero-order chi connectivity index (χ0) is 11.5. The number of rotatable bonds is 4. The molecule has 0 aliphatic heterocycles. The van der Waals surface area contributed by atoms with Gasteiger partial charge < -0.3 is 14.9 Å². The van der Waals surface area contributed by atoms with E-state index in [0.717, 1.165) is 5.56 Å². The van der Waals surface area contributed by atoms with Gasteiger partial charge in [0, 0.05) is 12.1 Å². The summed E-state index contributed by atoms with van der Waals surface area (Å²) >= 11 is 0. The van der Waals surface area contributed by atoms with Gasteiger partial charge in [-0.05, 0) is 13.0 Å². The minimum Gasteiger partial charge on any atom is -0.464 e. The van der Waals surface area contributed by atoms with Gasteiger partial charge in [0.05, 0.1) is 0 Å². The molecule has 0 spiro atoms. The van der Waals surface area contributed by atoms with E-state index in [9.17, 15) is 13.2 Å². The summed E-state index contributed by atoms with van der Waals surface area (Å²) in [4.78, 5) is 0. The summed E-state index contributed by atoms with van der Waals surface area (Å²) in [6.07, 6.45) is -4.31. The lowest BCUT2D eigenvalue weighted by molar-refractivity contribution is -0.177. The van der Waals surface area contributed by atoms with Crippen molar-refractivity contribution in [1.29, 1.82) is 0 Å². The van der Waals surface area contributed by atoms with E-state index in [4.69, 9.17) is 10.2 Å². The largest absolute Gasteiger partial charge is 0.464 e. The van der Waals surface area contributed by atoms with E-state index in [1.165, 1.54) is 0 Å². The van der Waals surface area contributed by atoms with Crippen LogP contribution in [0.1, 0.15) is 17.1 Å². The second kappa shape index (κ2) is 4.67. The van der Waals surface area contributed by atoms with E-state index in [-0.39, 0.29) is 6.61 Å². The smallest absolute Gasteiger partial charge is 0.411 e. The Morgan fingerprint density at radius 3 is 2.60 bits per heavy atom. The standard InChI is InChI=1S/C9H12F3NO2/c1-6-7(3-13)2-8(15-6)4-14-5-9(10,11)12/h2H,3-5,13H2,1H3. The molecule has 0 atom stereocenters. The molecule has 2 N–H and O–H groups in total. The van der Waals surface area contributed by atoms with Crippen molar-refractivity contribution in [2.24, 2.45) is 5.73 Å². The first kappa shape index (κ1) is 12.1. The molecule has 1 rings (SSSR count). The van der Waals surface area contributed by atoms with Crippen molar-refractivity contribution in [3.05, 3.63) is 23.2 Å². The highest BCUT2D eigenvalue weighted by Gasteiger charge is 2.27. The number of halogens is 3. The third kappa shape index (κ3) is 3.93. The van der Waals surface area contributed by atoms with Gasteiger partial charge in [0.15, 0.2) is 0 Å². The summed E-state index contributed by atoms with van der Waals surface area (Å²) in [5.41, 5.74) is 6.16. The molecule has 15 heavy (non-hydrogen) atoms. The third-order valence-electron chi connectivity index (χ3n) is 1.80. The zero-order valence-corrected chi connectivity index (χ0v) is 8.23. The molecule has 0 saturated heterocycles. The molecule has 0 saturated carbocycles. The van der Waals surface area contributed by atoms with Gasteiger partial charge in [-0.2, -0.15) is 13.2 Å². The van der Waals surface area contributed by atoms with Crippen LogP contribution in [0.4, 0.5) is 13.2 Å². The molecule has 0 unspecified atom stereocenters. The quantitative estimate of drug-likeness (QED) is 0.850. The first-order valence-corrected chi connectivity index (χ1v) is 4.35. The maximum atomic E-state index is 11.7. The molecule has 0 aliphatic carbocycles. The van der Waals surface area contributed by atoms with Crippen LogP contribution in [0, 0.1) is 6.92 Å². The molecule has 0 aliphatic rings. The van der Waals surface area contributed by atoms with Crippen LogP contribution in [-0.2, 0) is 17.9 Å². The van der Waals surface area contributed by atoms with Gasteiger partial charge in [0.25, 0.3) is 0 Å². The number of aryl methyl sites for hydroxylation is 1. The van der Waals surface area contributed by atoms with Crippen LogP contribution in [-0.4, -0.2) is 12.8 Å². The van der Waals surface area contributed by atoms with Crippen molar-refractivity contribution in [3.63, 3.8) is 0 Å². The van der Waals surface area contributed by atoms with Crippen LogP contribution in [0.25, 0.3) is 0 Å². The molecule has 86 valence electrons. The Kier molecular flexibility index (Phi) is 3.76. The average Bonchev–Trinajstić information content (AvgIpc) is 2.44. The van der Waals surface area contributed by atoms with Crippen molar-refractivity contribution in [1.82, 2.24) is 0 Å². The highest BCUT2D eigenvalue weighted by molar-refractivity contribution is 5.19. The SMILES string of the molecule is Cc1oc(COCC(F)(F)F)cc1CN. The van der Waals surface area contributed by atoms with Gasteiger partial charge >= 0.3 is 6.18 Å². The second-order valence-electron chi connectivity index (χ2n) is 3.11. The Balaban J connectivity index is 2.44. The first-order valence-electron chi connectivity index (χ1n) is 4.35. The van der Waals surface area contributed by atoms with Crippen molar-refractivity contribution in [2.45, 2.75) is 26.3 Å². The van der Waals surface area contributed by atoms with Crippen LogP contribution in [0.3, 0.4) is 0 Å². The molecule has 1 aromatic heterocycles. The minimum absolute atomic E-state index is 0.194. The fourth-order valence-electron chi connectivity index (χ4n) is 1.13. The molecule has 0 bridgehead atoms. The summed E-state index contributed by atoms with van der Waals surface area (Å²) in [5, 5.41) is 0. The number of hydrogen-bond donors (Lipinski definition) is 1. The van der Waals surface area contributed by atoms with E-state index >= 15 is 0 Å². The van der Waals surface area contributed by atoms with Crippen LogP contribution >= 0.6 is 0 Å². The second-order valence-corrected chi connectivity index (χ2v) is 3.11. The maximum absolute atomic E-state index is 11.7. The zero-order valence-electron chi connectivity index (χ0n) is 8.23. The topological polar surface area (TPSA) is 48.4 Å². The van der Waals surface area contributed by atoms with Crippen LogP contribution in [0.2, 0.25) is 0 Å². The lowest BCUT2D eigenvalue weighted by Crippen LogP contribution is -2.16. The van der Waals surface area contributed by atoms with Gasteiger partial charge in [-0.15, -0.1) is 0 Å². The Bertz CT molecular complexity index is 320. The van der Waals surface area contributed by atoms with Gasteiger partial charge in [-0.1, -0.05) is 0 Å². The Labute approximate surface area is 85.0 Å². The normalized spacial score (nSPS) is 12.1. The summed E-state index contributed by atoms with van der Waals surface area (Å²) in [6, 6.07) is 1.60. The summed E-state index contributed by atoms with van der Waals surface area (Å²) in [6.45, 7) is 0.537. The lowest BCUT2D eigenvalue weighted by Gasteiger charge is -2.05. The molecular formula is C9H12F3NO2. The predicted molar refractivity (Wildman–Crippen MR) is 47.0 cm³/mol. The van der Waals surface area contributed by atoms with Gasteiger partial charge in [-0.3, -0.25) is 0 Å². The predicted octanol–water partition coefficient (Wildman–Crippen LogP) is 2.13. The number of hydrogen-bond acceptors (Lipinski definition) is 3. The highest BCUT2D eigenvalue weighted by atomic mass is 19.4. The van der Waals surface area contributed by atoms with Crippen LogP contribution in [0.5, 0.6) is 0 Å². The first-order chi connectivity index (χ1) is 6.92. The molecule has 1 heterocycles. The maximum Gasteiger partial charge on any atom is 0.411 e. The van der Waals surface area contributed by atoms with Crippen molar-refractivity contribution < 1.29 is 22.3 Å². The van der Waals surface area contributed by atoms with Gasteiger partial charge in [0.2, 0.25) is 0 Å². The Morgan fingerprint density at radius 2 is 2.13 bits per heavy atom. The molecule has 0 radical (unpaired) electrons. The Morgan fingerprint density at radius 1 is 1.47 bits per heavy atom. The van der Waals surface area contributed by atoms with Crippen molar-refractivity contribution in [3.8, 4) is 0 Å². The number of nitrogens with two attached hydrogens (primary N) is 1. The summed E-state index contributed by atoms with van der Waals surface area (Å²) < 4.78 is 44.8. The monoisotopic (exact) mass is 223 g/mol. The fraction of sp³-hybridized carbons (Fsp3) is 0.556. The van der Waals surface area contributed by atoms with Crippen LogP contribution in [0.15, 0.2) is 10.5 Å². The summed E-state index contributed by atoms with van der Waals surface area (Å²) in [7, 11) is 0. The highest BCUT2D eigenvalue weighted by Crippen LogP contribution is 2.18. The molecular weight excluding hydrogens is 211 g/mol. The average molecular weight is 223 g/mol. The van der Waals surface area contributed by atoms with E-state index in [2.05, 4.69) is 4.74 Å². The Hall–Kier alpha value is -1.01. The lowest BCUT2D eigenvalue weighted by atomic mass is 10.2. The molecule has 6 heteroatoms. The number of furan rings is 1. The van der Waals surface area contributed by atoms with E-state index in [0.29, 0.717) is 18.1 Å². The van der Waals surface area contributed by atoms with E-state index in [1.54, 1.807) is 13.0 Å². The molecule has 0 aromatic carbocycles. The molecule has 1 aromatic rings. The van der Waals surface area contributed by atoms with Gasteiger partial charge in [0.1, 0.15) is 24.7 Å². The minimum atomic E-state index is -4.31. The molecule has 3 nitrogen and oxygen atoms in total. The molecule has 0 amide bonds. The van der Waals surface area contributed by atoms with Gasteiger partial charge in [-0.25, -0.2) is 0 Å². The third-order valence-corrected chi connectivity index (χ3v) is 1.80. The fourth-order valence-corrected chi connectivity index (χ4v) is 1.13. The van der Waals surface area contributed by atoms with Crippen molar-refractivity contribution in [2.75, 3.05) is 6.61 Å². The van der Waals surface area contributed by atoms with Crippen LogP contribution < -0.4 is 5.73 Å².